The van der Waals surface area contributed by atoms with Crippen LogP contribution in [0.1, 0.15) is 29.1 Å². The monoisotopic (exact) mass is 371 g/mol. The van der Waals surface area contributed by atoms with Crippen LogP contribution in [0.2, 0.25) is 0 Å². The zero-order valence-corrected chi connectivity index (χ0v) is 15.4. The highest BCUT2D eigenvalue weighted by Crippen LogP contribution is 2.30. The second kappa shape index (κ2) is 7.08. The molecule has 24 heavy (non-hydrogen) atoms. The summed E-state index contributed by atoms with van der Waals surface area (Å²) < 4.78 is 57.0. The molecular formula is C16H21NO5S2. The molecule has 0 spiro atoms. The zero-order chi connectivity index (χ0) is 18.0. The Morgan fingerprint density at radius 1 is 1.08 bits per heavy atom. The van der Waals surface area contributed by atoms with Gasteiger partial charge in [0.2, 0.25) is 10.0 Å². The van der Waals surface area contributed by atoms with Crippen molar-refractivity contribution in [2.24, 2.45) is 0 Å². The quantitative estimate of drug-likeness (QED) is 0.806. The van der Waals surface area contributed by atoms with Gasteiger partial charge in [0.05, 0.1) is 16.9 Å². The summed E-state index contributed by atoms with van der Waals surface area (Å²) >= 11 is 0. The Labute approximate surface area is 142 Å². The lowest BCUT2D eigenvalue weighted by atomic mass is 10.1. The van der Waals surface area contributed by atoms with E-state index in [0.29, 0.717) is 0 Å². The maximum Gasteiger partial charge on any atom is 0.211 e. The summed E-state index contributed by atoms with van der Waals surface area (Å²) in [6.07, 6.45) is 1.37. The van der Waals surface area contributed by atoms with E-state index in [1.54, 1.807) is 18.2 Å². The molecule has 0 radical (unpaired) electrons. The van der Waals surface area contributed by atoms with Gasteiger partial charge in [-0.25, -0.2) is 21.6 Å². The van der Waals surface area contributed by atoms with Crippen molar-refractivity contribution >= 4 is 19.9 Å². The first-order chi connectivity index (χ1) is 11.2. The van der Waals surface area contributed by atoms with Crippen molar-refractivity contribution in [2.75, 3.05) is 12.3 Å². The van der Waals surface area contributed by atoms with Crippen LogP contribution >= 0.6 is 0 Å². The summed E-state index contributed by atoms with van der Waals surface area (Å²) in [6.45, 7) is 4.93. The van der Waals surface area contributed by atoms with Crippen molar-refractivity contribution in [2.45, 2.75) is 30.9 Å². The van der Waals surface area contributed by atoms with E-state index < -0.39 is 25.1 Å². The third kappa shape index (κ3) is 4.06. The molecule has 0 aliphatic rings. The summed E-state index contributed by atoms with van der Waals surface area (Å²) in [4.78, 5) is 0.141. The van der Waals surface area contributed by atoms with Gasteiger partial charge in [-0.05, 0) is 56.2 Å². The summed E-state index contributed by atoms with van der Waals surface area (Å²) in [5, 5.41) is -1.13. The van der Waals surface area contributed by atoms with Crippen molar-refractivity contribution in [3.63, 3.8) is 0 Å². The fourth-order valence-corrected chi connectivity index (χ4v) is 4.60. The van der Waals surface area contributed by atoms with Crippen molar-refractivity contribution in [3.8, 4) is 0 Å². The van der Waals surface area contributed by atoms with Crippen LogP contribution in [0.5, 0.6) is 0 Å². The molecule has 1 aromatic heterocycles. The highest BCUT2D eigenvalue weighted by Gasteiger charge is 2.32. The van der Waals surface area contributed by atoms with E-state index in [4.69, 9.17) is 4.42 Å². The predicted octanol–water partition coefficient (Wildman–Crippen LogP) is 2.35. The molecule has 2 aromatic rings. The Bertz CT molecular complexity index is 900. The molecule has 1 heterocycles. The van der Waals surface area contributed by atoms with E-state index >= 15 is 0 Å². The van der Waals surface area contributed by atoms with Gasteiger partial charge in [-0.3, -0.25) is 0 Å². The van der Waals surface area contributed by atoms with Gasteiger partial charge in [0.1, 0.15) is 11.0 Å². The van der Waals surface area contributed by atoms with E-state index in [0.717, 1.165) is 11.1 Å². The number of sulfonamides is 1. The molecule has 1 N–H and O–H groups in total. The smallest absolute Gasteiger partial charge is 0.211 e. The minimum atomic E-state index is -3.81. The predicted molar refractivity (Wildman–Crippen MR) is 92.0 cm³/mol. The maximum atomic E-state index is 13.0. The van der Waals surface area contributed by atoms with Gasteiger partial charge >= 0.3 is 0 Å². The third-order valence-electron chi connectivity index (χ3n) is 3.91. The standard InChI is InChI=1S/C16H21NO5S2/c1-4-23(18,19)17-11-16(15-6-5-9-22-15)24(20,21)14-8-7-12(2)13(3)10-14/h5-10,16-17H,4,11H2,1-3H3/t16-/m1/s1. The number of hydrogen-bond donors (Lipinski definition) is 1. The lowest BCUT2D eigenvalue weighted by Crippen LogP contribution is -2.32. The van der Waals surface area contributed by atoms with Gasteiger partial charge < -0.3 is 4.42 Å². The van der Waals surface area contributed by atoms with E-state index in [2.05, 4.69) is 4.72 Å². The van der Waals surface area contributed by atoms with Gasteiger partial charge in [-0.2, -0.15) is 0 Å². The van der Waals surface area contributed by atoms with Gasteiger partial charge in [0.25, 0.3) is 0 Å². The number of furan rings is 1. The van der Waals surface area contributed by atoms with Crippen LogP contribution in [0.4, 0.5) is 0 Å². The van der Waals surface area contributed by atoms with Crippen LogP contribution in [0, 0.1) is 13.8 Å². The molecular weight excluding hydrogens is 350 g/mol. The van der Waals surface area contributed by atoms with Crippen LogP contribution < -0.4 is 4.72 Å². The van der Waals surface area contributed by atoms with Crippen LogP contribution in [0.3, 0.4) is 0 Å². The minimum Gasteiger partial charge on any atom is -0.468 e. The molecule has 0 saturated carbocycles. The zero-order valence-electron chi connectivity index (χ0n) is 13.8. The first-order valence-electron chi connectivity index (χ1n) is 7.49. The van der Waals surface area contributed by atoms with Crippen molar-refractivity contribution < 1.29 is 21.3 Å². The average Bonchev–Trinajstić information content (AvgIpc) is 3.03. The number of rotatable bonds is 7. The number of aryl methyl sites for hydroxylation is 2. The molecule has 0 fully saturated rings. The second-order valence-corrected chi connectivity index (χ2v) is 9.77. The number of hydrogen-bond acceptors (Lipinski definition) is 5. The fraction of sp³-hybridized carbons (Fsp3) is 0.375. The Balaban J connectivity index is 2.44. The first-order valence-corrected chi connectivity index (χ1v) is 10.7. The third-order valence-corrected chi connectivity index (χ3v) is 7.34. The van der Waals surface area contributed by atoms with Crippen LogP contribution in [0.15, 0.2) is 45.9 Å². The highest BCUT2D eigenvalue weighted by molar-refractivity contribution is 7.92. The Kier molecular flexibility index (Phi) is 5.52. The fourth-order valence-electron chi connectivity index (χ4n) is 2.20. The van der Waals surface area contributed by atoms with E-state index in [1.165, 1.54) is 25.3 Å². The van der Waals surface area contributed by atoms with Crippen LogP contribution in [-0.2, 0) is 19.9 Å². The van der Waals surface area contributed by atoms with E-state index in [-0.39, 0.29) is 23.0 Å². The summed E-state index contributed by atoms with van der Waals surface area (Å²) in [5.74, 6) is 0.0775. The van der Waals surface area contributed by atoms with Gasteiger partial charge in [-0.15, -0.1) is 0 Å². The summed E-state index contributed by atoms with van der Waals surface area (Å²) in [6, 6.07) is 7.96. The normalized spacial score (nSPS) is 13.8. The topological polar surface area (TPSA) is 93.4 Å². The molecule has 0 bridgehead atoms. The number of nitrogens with one attached hydrogen (secondary N) is 1. The second-order valence-electron chi connectivity index (χ2n) is 5.55. The number of sulfone groups is 1. The van der Waals surface area contributed by atoms with Crippen LogP contribution in [0.25, 0.3) is 0 Å². The Hall–Kier alpha value is -1.64. The Morgan fingerprint density at radius 3 is 2.33 bits per heavy atom. The molecule has 8 heteroatoms. The molecule has 132 valence electrons. The van der Waals surface area contributed by atoms with Gasteiger partial charge in [0.15, 0.2) is 9.84 Å². The number of benzene rings is 1. The molecule has 1 atom stereocenters. The molecule has 0 unspecified atom stereocenters. The van der Waals surface area contributed by atoms with E-state index in [9.17, 15) is 16.8 Å². The molecule has 1 aromatic carbocycles. The molecule has 0 aliphatic heterocycles. The molecule has 0 saturated heterocycles. The van der Waals surface area contributed by atoms with Crippen molar-refractivity contribution in [1.29, 1.82) is 0 Å². The Morgan fingerprint density at radius 2 is 1.79 bits per heavy atom. The molecule has 0 aliphatic carbocycles. The lowest BCUT2D eigenvalue weighted by molar-refractivity contribution is 0.486. The summed E-state index contributed by atoms with van der Waals surface area (Å²) in [5.41, 5.74) is 1.83. The maximum absolute atomic E-state index is 13.0. The van der Waals surface area contributed by atoms with Crippen molar-refractivity contribution in [1.82, 2.24) is 4.72 Å². The lowest BCUT2D eigenvalue weighted by Gasteiger charge is -2.17. The summed E-state index contributed by atoms with van der Waals surface area (Å²) in [7, 11) is -7.33. The minimum absolute atomic E-state index is 0.123. The molecule has 2 rings (SSSR count). The van der Waals surface area contributed by atoms with Gasteiger partial charge in [-0.1, -0.05) is 6.07 Å². The van der Waals surface area contributed by atoms with Gasteiger partial charge in [0, 0.05) is 6.54 Å². The first kappa shape index (κ1) is 18.7. The molecule has 0 amide bonds. The van der Waals surface area contributed by atoms with Crippen molar-refractivity contribution in [3.05, 3.63) is 53.5 Å². The largest absolute Gasteiger partial charge is 0.468 e. The van der Waals surface area contributed by atoms with Crippen LogP contribution in [-0.4, -0.2) is 29.1 Å². The SMILES string of the molecule is CCS(=O)(=O)NC[C@H](c1ccco1)S(=O)(=O)c1ccc(C)c(C)c1. The average molecular weight is 371 g/mol. The highest BCUT2D eigenvalue weighted by atomic mass is 32.2. The van der Waals surface area contributed by atoms with E-state index in [1.807, 2.05) is 13.8 Å². The molecule has 6 nitrogen and oxygen atoms in total.